The maximum Gasteiger partial charge on any atom is 0.416 e. The minimum Gasteiger partial charge on any atom is -0.449 e. The van der Waals surface area contributed by atoms with Gasteiger partial charge in [0, 0.05) is 13.2 Å². The highest BCUT2D eigenvalue weighted by Gasteiger charge is 2.41. The molecule has 1 amide bonds. The zero-order valence-electron chi connectivity index (χ0n) is 24.1. The number of guanidine groups is 1. The van der Waals surface area contributed by atoms with Crippen molar-refractivity contribution in [3.05, 3.63) is 64.2 Å². The molecule has 0 saturated heterocycles. The van der Waals surface area contributed by atoms with Gasteiger partial charge >= 0.3 is 24.6 Å². The Labute approximate surface area is 251 Å². The first-order valence-electron chi connectivity index (χ1n) is 13.7. The molecule has 8 nitrogen and oxygen atoms in total. The number of carbonyl (C=O) groups excluding carboxylic acids is 1. The lowest BCUT2D eigenvalue weighted by Crippen LogP contribution is -2.49. The van der Waals surface area contributed by atoms with Crippen molar-refractivity contribution in [3.63, 3.8) is 0 Å². The van der Waals surface area contributed by atoms with Crippen LogP contribution in [0.3, 0.4) is 0 Å². The molecular formula is C28H29F9N4O4. The van der Waals surface area contributed by atoms with Crippen LogP contribution in [-0.2, 0) is 39.4 Å². The number of ether oxygens (including phenoxy) is 2. The molecule has 0 aromatic heterocycles. The van der Waals surface area contributed by atoms with Crippen molar-refractivity contribution in [2.24, 2.45) is 4.99 Å². The van der Waals surface area contributed by atoms with Crippen molar-refractivity contribution in [3.8, 4) is 0 Å². The molecule has 3 atom stereocenters. The highest BCUT2D eigenvalue weighted by molar-refractivity contribution is 5.91. The Kier molecular flexibility index (Phi) is 9.82. The fourth-order valence-corrected chi connectivity index (χ4v) is 5.14. The largest absolute Gasteiger partial charge is 0.449 e. The lowest BCUT2D eigenvalue weighted by atomic mass is 9.89. The number of nitrogens with one attached hydrogen (secondary N) is 1. The molecule has 4 rings (SSSR count). The molecule has 0 spiro atoms. The molecule has 2 aliphatic rings. The number of nitrogens with zero attached hydrogens (tertiary/aromatic N) is 3. The van der Waals surface area contributed by atoms with Gasteiger partial charge in [-0.05, 0) is 67.3 Å². The van der Waals surface area contributed by atoms with E-state index in [1.54, 1.807) is 13.8 Å². The standard InChI is InChI=1S/C28H29F9N4O4/c1-4-19-12-21(20-11-16(26(29,30)31)6-7-22(20)41(19)25(42)44-5-2)38-24-39-23(14-43-3)45-40(24)13-15-8-17(27(32,33)34)10-18(9-15)28(35,36)37/h6-11,19,21,23H,4-5,12-14H2,1-3H3,(H,38,39)/t19-,21+,23?/m1/s1. The molecule has 2 aromatic rings. The van der Waals surface area contributed by atoms with E-state index in [4.69, 9.17) is 14.3 Å². The maximum atomic E-state index is 13.7. The van der Waals surface area contributed by atoms with E-state index in [9.17, 15) is 44.3 Å². The molecule has 2 aromatic carbocycles. The number of amides is 1. The second kappa shape index (κ2) is 12.9. The fraction of sp³-hybridized carbons (Fsp3) is 0.500. The van der Waals surface area contributed by atoms with Crippen LogP contribution < -0.4 is 10.2 Å². The summed E-state index contributed by atoms with van der Waals surface area (Å²) < 4.78 is 132. The molecule has 2 heterocycles. The van der Waals surface area contributed by atoms with Crippen LogP contribution in [-0.4, -0.2) is 49.7 Å². The summed E-state index contributed by atoms with van der Waals surface area (Å²) in [6, 6.07) is 2.39. The highest BCUT2D eigenvalue weighted by atomic mass is 19.4. The normalized spacial score (nSPS) is 20.6. The number of benzene rings is 2. The summed E-state index contributed by atoms with van der Waals surface area (Å²) in [6.45, 7) is 2.54. The summed E-state index contributed by atoms with van der Waals surface area (Å²) in [5, 5.41) is 3.88. The van der Waals surface area contributed by atoms with E-state index in [0.717, 1.165) is 23.3 Å². The molecule has 248 valence electrons. The number of carbonyl (C=O) groups is 1. The third kappa shape index (κ3) is 7.74. The Bertz CT molecular complexity index is 1380. The van der Waals surface area contributed by atoms with Crippen LogP contribution in [0.15, 0.2) is 41.4 Å². The number of hydrogen-bond acceptors (Lipinski definition) is 7. The van der Waals surface area contributed by atoms with Crippen LogP contribution in [0.1, 0.15) is 60.5 Å². The van der Waals surface area contributed by atoms with Crippen LogP contribution in [0.4, 0.5) is 50.0 Å². The molecule has 0 bridgehead atoms. The molecule has 0 aliphatic carbocycles. The minimum absolute atomic E-state index is 0.00724. The number of alkyl halides is 9. The first-order chi connectivity index (χ1) is 21.0. The highest BCUT2D eigenvalue weighted by Crippen LogP contribution is 2.43. The molecule has 17 heteroatoms. The van der Waals surface area contributed by atoms with Crippen molar-refractivity contribution >= 4 is 17.7 Å². The van der Waals surface area contributed by atoms with E-state index in [0.29, 0.717) is 18.6 Å². The number of hydrogen-bond donors (Lipinski definition) is 1. The second-order valence-electron chi connectivity index (χ2n) is 10.3. The molecule has 1 N–H and O–H groups in total. The van der Waals surface area contributed by atoms with E-state index in [-0.39, 0.29) is 42.9 Å². The summed E-state index contributed by atoms with van der Waals surface area (Å²) in [7, 11) is 1.31. The molecule has 0 saturated carbocycles. The molecule has 0 radical (unpaired) electrons. The Morgan fingerprint density at radius 2 is 1.58 bits per heavy atom. The first kappa shape index (κ1) is 34.1. The summed E-state index contributed by atoms with van der Waals surface area (Å²) in [5.74, 6) is -0.171. The van der Waals surface area contributed by atoms with Gasteiger partial charge in [-0.25, -0.2) is 19.7 Å². The Balaban J connectivity index is 1.74. The molecular weight excluding hydrogens is 627 g/mol. The fourth-order valence-electron chi connectivity index (χ4n) is 5.14. The van der Waals surface area contributed by atoms with Gasteiger partial charge in [-0.15, -0.1) is 0 Å². The van der Waals surface area contributed by atoms with E-state index in [2.05, 4.69) is 10.3 Å². The lowest BCUT2D eigenvalue weighted by molar-refractivity contribution is -0.147. The van der Waals surface area contributed by atoms with Gasteiger partial charge in [0.15, 0.2) is 0 Å². The number of aliphatic imine (C=N–C) groups is 1. The van der Waals surface area contributed by atoms with Gasteiger partial charge in [0.05, 0.1) is 48.2 Å². The van der Waals surface area contributed by atoms with E-state index < -0.39 is 71.7 Å². The minimum atomic E-state index is -5.09. The van der Waals surface area contributed by atoms with E-state index in [1.165, 1.54) is 12.0 Å². The number of halogens is 9. The van der Waals surface area contributed by atoms with Gasteiger partial charge in [-0.1, -0.05) is 6.92 Å². The van der Waals surface area contributed by atoms with Crippen LogP contribution in [0.25, 0.3) is 0 Å². The van der Waals surface area contributed by atoms with Gasteiger partial charge in [0.1, 0.15) is 0 Å². The molecule has 45 heavy (non-hydrogen) atoms. The lowest BCUT2D eigenvalue weighted by Gasteiger charge is -2.41. The van der Waals surface area contributed by atoms with Crippen molar-refractivity contribution < 1.29 is 58.6 Å². The summed E-state index contributed by atoms with van der Waals surface area (Å²) >= 11 is 0. The predicted octanol–water partition coefficient (Wildman–Crippen LogP) is 7.29. The maximum absolute atomic E-state index is 13.7. The first-order valence-corrected chi connectivity index (χ1v) is 13.7. The Morgan fingerprint density at radius 1 is 0.956 bits per heavy atom. The van der Waals surface area contributed by atoms with Crippen molar-refractivity contribution in [1.82, 2.24) is 10.4 Å². The van der Waals surface area contributed by atoms with Gasteiger partial charge < -0.3 is 14.8 Å². The van der Waals surface area contributed by atoms with E-state index in [1.807, 2.05) is 0 Å². The quantitative estimate of drug-likeness (QED) is 0.316. The Morgan fingerprint density at radius 3 is 2.11 bits per heavy atom. The number of rotatable bonds is 7. The van der Waals surface area contributed by atoms with Crippen LogP contribution in [0.2, 0.25) is 0 Å². The van der Waals surface area contributed by atoms with Gasteiger partial charge in [0.25, 0.3) is 0 Å². The monoisotopic (exact) mass is 656 g/mol. The SMILES string of the molecule is CCOC(=O)N1c2ccc(C(F)(F)F)cc2[C@@H](NC2=NC(COC)ON2Cc2cc(C(F)(F)F)cc(C(F)(F)F)c2)C[C@H]1CC. The number of fused-ring (bicyclic) bond motifs is 1. The number of anilines is 1. The van der Waals surface area contributed by atoms with Crippen molar-refractivity contribution in [2.75, 3.05) is 25.2 Å². The summed E-state index contributed by atoms with van der Waals surface area (Å²) in [6.07, 6.45) is -16.3. The smallest absolute Gasteiger partial charge is 0.416 e. The topological polar surface area (TPSA) is 75.6 Å². The third-order valence-electron chi connectivity index (χ3n) is 7.14. The Hall–Kier alpha value is -3.73. The van der Waals surface area contributed by atoms with E-state index >= 15 is 0 Å². The van der Waals surface area contributed by atoms with Gasteiger partial charge in [0.2, 0.25) is 12.2 Å². The zero-order valence-corrected chi connectivity index (χ0v) is 24.1. The van der Waals surface area contributed by atoms with Gasteiger partial charge in [-0.3, -0.25) is 4.90 Å². The summed E-state index contributed by atoms with van der Waals surface area (Å²) in [4.78, 5) is 24.0. The molecule has 1 unspecified atom stereocenters. The van der Waals surface area contributed by atoms with Crippen LogP contribution >= 0.6 is 0 Å². The molecule has 0 fully saturated rings. The van der Waals surface area contributed by atoms with Gasteiger partial charge in [-0.2, -0.15) is 39.5 Å². The number of methoxy groups -OCH3 is 1. The third-order valence-corrected chi connectivity index (χ3v) is 7.14. The zero-order chi connectivity index (χ0) is 33.3. The van der Waals surface area contributed by atoms with Crippen LogP contribution in [0.5, 0.6) is 0 Å². The predicted molar refractivity (Wildman–Crippen MR) is 142 cm³/mol. The molecule has 2 aliphatic heterocycles. The van der Waals surface area contributed by atoms with Crippen LogP contribution in [0, 0.1) is 0 Å². The average molecular weight is 657 g/mol. The van der Waals surface area contributed by atoms with Crippen molar-refractivity contribution in [2.45, 2.75) is 70.1 Å². The number of hydroxylamine groups is 2. The van der Waals surface area contributed by atoms with Crippen molar-refractivity contribution in [1.29, 1.82) is 0 Å². The summed E-state index contributed by atoms with van der Waals surface area (Å²) in [5.41, 5.74) is -4.32. The second-order valence-corrected chi connectivity index (χ2v) is 10.3. The average Bonchev–Trinajstić information content (AvgIpc) is 3.31.